The van der Waals surface area contributed by atoms with Crippen LogP contribution in [0.25, 0.3) is 5.70 Å². The summed E-state index contributed by atoms with van der Waals surface area (Å²) < 4.78 is 0. The average molecular weight is 352 g/mol. The largest absolute Gasteiger partial charge is 0.397 e. The maximum Gasteiger partial charge on any atom is 0.255 e. The molecule has 2 aliphatic rings. The molecule has 0 saturated carbocycles. The van der Waals surface area contributed by atoms with Gasteiger partial charge in [-0.15, -0.1) is 0 Å². The molecule has 0 radical (unpaired) electrons. The molecule has 0 unspecified atom stereocenters. The molecule has 1 amide bonds. The summed E-state index contributed by atoms with van der Waals surface area (Å²) >= 11 is 0. The number of fused-ring (bicyclic) bond motifs is 2. The molecular weight excluding hydrogens is 336 g/mol. The second-order valence-electron chi connectivity index (χ2n) is 6.00. The first-order valence-corrected chi connectivity index (χ1v) is 9.88. The zero-order valence-electron chi connectivity index (χ0n) is 13.4. The monoisotopic (exact) mass is 352 g/mol. The van der Waals surface area contributed by atoms with Gasteiger partial charge in [-0.05, 0) is 17.5 Å². The van der Waals surface area contributed by atoms with Crippen molar-refractivity contribution in [1.82, 2.24) is 19.9 Å². The minimum atomic E-state index is -1.19. The van der Waals surface area contributed by atoms with E-state index < -0.39 is 10.0 Å². The number of carbonyl (C=O) groups is 1. The summed E-state index contributed by atoms with van der Waals surface area (Å²) in [5, 5.41) is 11.0. The Morgan fingerprint density at radius 3 is 2.72 bits per heavy atom. The molecule has 2 aliphatic heterocycles. The van der Waals surface area contributed by atoms with Crippen molar-refractivity contribution in [2.24, 2.45) is 5.73 Å². The van der Waals surface area contributed by atoms with Crippen LogP contribution in [0, 0.1) is 11.3 Å². The van der Waals surface area contributed by atoms with Gasteiger partial charge < -0.3 is 10.6 Å². The normalized spacial score (nSPS) is 19.0. The molecular formula is C17H16N6OS. The van der Waals surface area contributed by atoms with Crippen LogP contribution >= 0.6 is 10.0 Å². The summed E-state index contributed by atoms with van der Waals surface area (Å²) in [7, 11) is -1.19. The highest BCUT2D eigenvalue weighted by Crippen LogP contribution is 2.63. The molecule has 126 valence electrons. The summed E-state index contributed by atoms with van der Waals surface area (Å²) in [5.74, 6) is 1.68. The first kappa shape index (κ1) is 15.6. The zero-order chi connectivity index (χ0) is 17.4. The van der Waals surface area contributed by atoms with Gasteiger partial charge in [0.15, 0.2) is 0 Å². The maximum atomic E-state index is 12.7. The van der Waals surface area contributed by atoms with E-state index in [4.69, 9.17) is 11.0 Å². The van der Waals surface area contributed by atoms with E-state index in [1.54, 1.807) is 12.1 Å². The standard InChI is InChI=1S/C17H16N6OS/c18-7-13-2-1-12(8-21-13)17(24)23-3-5-25(6-4-23)10-14(19)16-15(25)9-20-11-22-16/h1-2,8-11H,3-6,19H2. The zero-order valence-corrected chi connectivity index (χ0v) is 14.2. The van der Waals surface area contributed by atoms with Gasteiger partial charge in [0.05, 0.1) is 11.3 Å². The van der Waals surface area contributed by atoms with Crippen molar-refractivity contribution in [3.05, 3.63) is 53.2 Å². The minimum absolute atomic E-state index is 0.0503. The van der Waals surface area contributed by atoms with E-state index in [1.165, 1.54) is 12.5 Å². The Labute approximate surface area is 146 Å². The van der Waals surface area contributed by atoms with Crippen LogP contribution in [0.2, 0.25) is 0 Å². The van der Waals surface area contributed by atoms with Crippen LogP contribution < -0.4 is 5.73 Å². The molecule has 1 saturated heterocycles. The molecule has 4 heterocycles. The van der Waals surface area contributed by atoms with Crippen LogP contribution in [0.15, 0.2) is 41.2 Å². The average Bonchev–Trinajstić information content (AvgIpc) is 2.94. The number of nitriles is 1. The fourth-order valence-corrected chi connectivity index (χ4v) is 6.79. The lowest BCUT2D eigenvalue weighted by Crippen LogP contribution is -2.41. The number of hydrogen-bond acceptors (Lipinski definition) is 6. The number of carbonyl (C=O) groups excluding carboxylic acids is 1. The number of aromatic nitrogens is 3. The van der Waals surface area contributed by atoms with Crippen molar-refractivity contribution in [3.8, 4) is 6.07 Å². The number of rotatable bonds is 1. The Kier molecular flexibility index (Phi) is 3.66. The molecule has 0 aliphatic carbocycles. The molecule has 1 fully saturated rings. The fraction of sp³-hybridized carbons (Fsp3) is 0.235. The van der Waals surface area contributed by atoms with E-state index in [9.17, 15) is 4.79 Å². The van der Waals surface area contributed by atoms with Gasteiger partial charge in [0.2, 0.25) is 0 Å². The molecule has 2 aromatic heterocycles. The van der Waals surface area contributed by atoms with Crippen LogP contribution in [0.4, 0.5) is 0 Å². The Morgan fingerprint density at radius 2 is 2.04 bits per heavy atom. The third-order valence-electron chi connectivity index (χ3n) is 4.61. The Bertz CT molecular complexity index is 909. The Morgan fingerprint density at radius 1 is 1.24 bits per heavy atom. The van der Waals surface area contributed by atoms with E-state index in [1.807, 2.05) is 17.2 Å². The minimum Gasteiger partial charge on any atom is -0.397 e. The number of amides is 1. The quantitative estimate of drug-likeness (QED) is 0.829. The molecule has 2 N–H and O–H groups in total. The number of nitrogens with zero attached hydrogens (tertiary/aromatic N) is 5. The van der Waals surface area contributed by atoms with Gasteiger partial charge in [0.25, 0.3) is 5.91 Å². The van der Waals surface area contributed by atoms with Crippen molar-refractivity contribution in [2.75, 3.05) is 24.6 Å². The van der Waals surface area contributed by atoms with E-state index in [-0.39, 0.29) is 5.91 Å². The van der Waals surface area contributed by atoms with Gasteiger partial charge in [0.1, 0.15) is 23.8 Å². The Balaban J connectivity index is 1.52. The number of hydrogen-bond donors (Lipinski definition) is 1. The lowest BCUT2D eigenvalue weighted by atomic mass is 10.2. The second kappa shape index (κ2) is 5.86. The number of nitrogens with two attached hydrogens (primary N) is 1. The van der Waals surface area contributed by atoms with Crippen molar-refractivity contribution >= 4 is 21.6 Å². The third-order valence-corrected chi connectivity index (χ3v) is 8.31. The van der Waals surface area contributed by atoms with Gasteiger partial charge in [-0.2, -0.15) is 15.3 Å². The summed E-state index contributed by atoms with van der Waals surface area (Å²) in [4.78, 5) is 28.1. The van der Waals surface area contributed by atoms with Crippen molar-refractivity contribution < 1.29 is 4.79 Å². The van der Waals surface area contributed by atoms with Crippen LogP contribution in [-0.4, -0.2) is 50.4 Å². The lowest BCUT2D eigenvalue weighted by Gasteiger charge is -2.42. The van der Waals surface area contributed by atoms with E-state index >= 15 is 0 Å². The summed E-state index contributed by atoms with van der Waals surface area (Å²) in [6.07, 6.45) is 4.86. The van der Waals surface area contributed by atoms with Crippen molar-refractivity contribution in [1.29, 1.82) is 5.26 Å². The SMILES string of the molecule is N#Cc1ccc(C(=O)N2CCS3(C=C(N)c4ncncc43)CC2)cn1. The third kappa shape index (κ3) is 2.53. The summed E-state index contributed by atoms with van der Waals surface area (Å²) in [6.45, 7) is 1.32. The molecule has 0 aromatic carbocycles. The predicted molar refractivity (Wildman–Crippen MR) is 94.6 cm³/mol. The lowest BCUT2D eigenvalue weighted by molar-refractivity contribution is 0.0771. The molecule has 25 heavy (non-hydrogen) atoms. The highest BCUT2D eigenvalue weighted by atomic mass is 32.3. The highest BCUT2D eigenvalue weighted by Gasteiger charge is 2.38. The predicted octanol–water partition coefficient (Wildman–Crippen LogP) is 1.33. The first-order chi connectivity index (χ1) is 12.1. The molecule has 2 aromatic rings. The van der Waals surface area contributed by atoms with E-state index in [0.717, 1.165) is 27.8 Å². The maximum absolute atomic E-state index is 12.7. The first-order valence-electron chi connectivity index (χ1n) is 7.85. The molecule has 4 rings (SSSR count). The van der Waals surface area contributed by atoms with Gasteiger partial charge >= 0.3 is 0 Å². The van der Waals surface area contributed by atoms with Crippen LogP contribution in [0.3, 0.4) is 0 Å². The van der Waals surface area contributed by atoms with Gasteiger partial charge in [-0.25, -0.2) is 15.0 Å². The van der Waals surface area contributed by atoms with Gasteiger partial charge in [0, 0.05) is 41.9 Å². The van der Waals surface area contributed by atoms with Crippen molar-refractivity contribution in [3.63, 3.8) is 0 Å². The smallest absolute Gasteiger partial charge is 0.255 e. The molecule has 1 spiro atoms. The molecule has 8 heteroatoms. The highest BCUT2D eigenvalue weighted by molar-refractivity contribution is 8.36. The van der Waals surface area contributed by atoms with E-state index in [2.05, 4.69) is 20.4 Å². The van der Waals surface area contributed by atoms with Crippen LogP contribution in [0.1, 0.15) is 21.7 Å². The number of pyridine rings is 1. The van der Waals surface area contributed by atoms with Gasteiger partial charge in [-0.3, -0.25) is 4.79 Å². The summed E-state index contributed by atoms with van der Waals surface area (Å²) in [5.41, 5.74) is 8.53. The van der Waals surface area contributed by atoms with Crippen LogP contribution in [-0.2, 0) is 0 Å². The fourth-order valence-electron chi connectivity index (χ4n) is 3.26. The topological polar surface area (TPSA) is 109 Å². The second-order valence-corrected chi connectivity index (χ2v) is 9.38. The summed E-state index contributed by atoms with van der Waals surface area (Å²) in [6, 6.07) is 5.18. The molecule has 7 nitrogen and oxygen atoms in total. The van der Waals surface area contributed by atoms with E-state index in [0.29, 0.717) is 24.3 Å². The molecule has 0 atom stereocenters. The van der Waals surface area contributed by atoms with Crippen molar-refractivity contribution in [2.45, 2.75) is 4.90 Å². The molecule has 0 bridgehead atoms. The van der Waals surface area contributed by atoms with Crippen LogP contribution in [0.5, 0.6) is 0 Å². The Hall–Kier alpha value is -2.92. The van der Waals surface area contributed by atoms with Gasteiger partial charge in [-0.1, -0.05) is 0 Å².